The summed E-state index contributed by atoms with van der Waals surface area (Å²) in [5, 5.41) is 3.57. The number of rotatable bonds is 7. The Morgan fingerprint density at radius 3 is 3.15 bits per heavy atom. The first-order chi connectivity index (χ1) is 12.8. The summed E-state index contributed by atoms with van der Waals surface area (Å²) in [6.07, 6.45) is 7.80. The largest absolute Gasteiger partial charge is 0.366 e. The molecule has 26 heavy (non-hydrogen) atoms. The number of ether oxygens (including phenoxy) is 1. The number of hydrogen-bond acceptors (Lipinski definition) is 6. The van der Waals surface area contributed by atoms with Crippen molar-refractivity contribution in [2.75, 3.05) is 23.4 Å². The second-order valence-electron chi connectivity index (χ2n) is 6.39. The van der Waals surface area contributed by atoms with Gasteiger partial charge in [-0.3, -0.25) is 0 Å². The minimum atomic E-state index is 0.474. The molecule has 0 radical (unpaired) electrons. The van der Waals surface area contributed by atoms with Crippen molar-refractivity contribution in [1.29, 1.82) is 0 Å². The third-order valence-corrected chi connectivity index (χ3v) is 5.56. The van der Waals surface area contributed by atoms with Crippen molar-refractivity contribution in [2.45, 2.75) is 32.5 Å². The van der Waals surface area contributed by atoms with Crippen molar-refractivity contribution in [1.82, 2.24) is 19.5 Å². The Balaban J connectivity index is 1.60. The smallest absolute Gasteiger partial charge is 0.160 e. The standard InChI is InChI=1S/C19H23N5OS/c1-2-9-25-13-24-8-5-16-19(24)21-11-17(23-16)15-4-3-7-20-18(15)22-14-6-10-26-12-14/h3-5,7-8,11,14H,2,6,9-10,12-13H2,1H3,(H,20,22). The molecule has 3 aromatic rings. The minimum Gasteiger partial charge on any atom is -0.366 e. The Kier molecular flexibility index (Phi) is 5.36. The van der Waals surface area contributed by atoms with E-state index in [2.05, 4.69) is 28.3 Å². The summed E-state index contributed by atoms with van der Waals surface area (Å²) in [6, 6.07) is 6.45. The maximum Gasteiger partial charge on any atom is 0.160 e. The van der Waals surface area contributed by atoms with Crippen molar-refractivity contribution in [2.24, 2.45) is 0 Å². The molecule has 1 unspecified atom stereocenters. The molecule has 4 heterocycles. The highest BCUT2D eigenvalue weighted by atomic mass is 32.2. The fourth-order valence-corrected chi connectivity index (χ4v) is 4.22. The molecule has 1 atom stereocenters. The zero-order valence-corrected chi connectivity index (χ0v) is 15.7. The number of nitrogens with one attached hydrogen (secondary N) is 1. The fraction of sp³-hybridized carbons (Fsp3) is 0.421. The molecular formula is C19H23N5OS. The van der Waals surface area contributed by atoms with Crippen LogP contribution in [0.2, 0.25) is 0 Å². The maximum absolute atomic E-state index is 5.62. The second kappa shape index (κ2) is 8.05. The number of thioether (sulfide) groups is 1. The van der Waals surface area contributed by atoms with E-state index in [-0.39, 0.29) is 0 Å². The molecule has 136 valence electrons. The van der Waals surface area contributed by atoms with Crippen LogP contribution in [0, 0.1) is 0 Å². The number of fused-ring (bicyclic) bond motifs is 1. The average molecular weight is 369 g/mol. The van der Waals surface area contributed by atoms with E-state index in [4.69, 9.17) is 9.72 Å². The molecule has 1 aliphatic heterocycles. The lowest BCUT2D eigenvalue weighted by Crippen LogP contribution is -2.19. The van der Waals surface area contributed by atoms with E-state index in [1.807, 2.05) is 47.1 Å². The van der Waals surface area contributed by atoms with Crippen molar-refractivity contribution in [3.05, 3.63) is 36.8 Å². The Morgan fingerprint density at radius 1 is 1.35 bits per heavy atom. The van der Waals surface area contributed by atoms with Crippen molar-refractivity contribution < 1.29 is 4.74 Å². The lowest BCUT2D eigenvalue weighted by Gasteiger charge is -2.15. The summed E-state index contributed by atoms with van der Waals surface area (Å²) in [7, 11) is 0. The summed E-state index contributed by atoms with van der Waals surface area (Å²) < 4.78 is 7.60. The summed E-state index contributed by atoms with van der Waals surface area (Å²) in [4.78, 5) is 14.0. The highest BCUT2D eigenvalue weighted by molar-refractivity contribution is 7.99. The zero-order chi connectivity index (χ0) is 17.8. The molecule has 4 rings (SSSR count). The van der Waals surface area contributed by atoms with Crippen LogP contribution >= 0.6 is 11.8 Å². The van der Waals surface area contributed by atoms with Crippen LogP contribution in [0.4, 0.5) is 5.82 Å². The van der Waals surface area contributed by atoms with Gasteiger partial charge < -0.3 is 14.6 Å². The highest BCUT2D eigenvalue weighted by Crippen LogP contribution is 2.28. The Hall–Kier alpha value is -2.12. The van der Waals surface area contributed by atoms with E-state index in [0.717, 1.165) is 47.0 Å². The molecule has 0 aromatic carbocycles. The van der Waals surface area contributed by atoms with Gasteiger partial charge in [0.05, 0.1) is 11.9 Å². The van der Waals surface area contributed by atoms with Gasteiger partial charge in [-0.1, -0.05) is 6.92 Å². The number of anilines is 1. The quantitative estimate of drug-likeness (QED) is 0.639. The first-order valence-electron chi connectivity index (χ1n) is 9.04. The summed E-state index contributed by atoms with van der Waals surface area (Å²) in [6.45, 7) is 3.35. The summed E-state index contributed by atoms with van der Waals surface area (Å²) in [5.74, 6) is 3.22. The van der Waals surface area contributed by atoms with Gasteiger partial charge in [-0.25, -0.2) is 15.0 Å². The van der Waals surface area contributed by atoms with Crippen LogP contribution in [-0.2, 0) is 11.5 Å². The van der Waals surface area contributed by atoms with Crippen LogP contribution in [0.1, 0.15) is 19.8 Å². The van der Waals surface area contributed by atoms with Gasteiger partial charge in [0.15, 0.2) is 5.65 Å². The van der Waals surface area contributed by atoms with Crippen LogP contribution in [0.25, 0.3) is 22.4 Å². The molecule has 1 aliphatic rings. The summed E-state index contributed by atoms with van der Waals surface area (Å²) in [5.41, 5.74) is 3.55. The molecule has 0 aliphatic carbocycles. The number of nitrogens with zero attached hydrogens (tertiary/aromatic N) is 4. The zero-order valence-electron chi connectivity index (χ0n) is 14.9. The van der Waals surface area contributed by atoms with Crippen molar-refractivity contribution >= 4 is 28.7 Å². The topological polar surface area (TPSA) is 64.9 Å². The predicted octanol–water partition coefficient (Wildman–Crippen LogP) is 3.79. The molecule has 1 fully saturated rings. The minimum absolute atomic E-state index is 0.474. The van der Waals surface area contributed by atoms with Crippen LogP contribution in [-0.4, -0.2) is 43.7 Å². The molecular weight excluding hydrogens is 346 g/mol. The van der Waals surface area contributed by atoms with Gasteiger partial charge in [0, 0.05) is 36.4 Å². The van der Waals surface area contributed by atoms with Gasteiger partial charge in [-0.2, -0.15) is 11.8 Å². The monoisotopic (exact) mass is 369 g/mol. The van der Waals surface area contributed by atoms with Crippen molar-refractivity contribution in [3.8, 4) is 11.3 Å². The van der Waals surface area contributed by atoms with Crippen LogP contribution in [0.3, 0.4) is 0 Å². The van der Waals surface area contributed by atoms with Gasteiger partial charge in [0.2, 0.25) is 0 Å². The SMILES string of the molecule is CCCOCn1ccc2nc(-c3cccnc3NC3CCSC3)cnc21. The van der Waals surface area contributed by atoms with Crippen LogP contribution in [0.5, 0.6) is 0 Å². The number of aromatic nitrogens is 4. The molecule has 3 aromatic heterocycles. The first kappa shape index (κ1) is 17.3. The normalized spacial score (nSPS) is 17.0. The molecule has 0 saturated carbocycles. The fourth-order valence-electron chi connectivity index (χ4n) is 3.07. The lowest BCUT2D eigenvalue weighted by molar-refractivity contribution is 0.0800. The van der Waals surface area contributed by atoms with E-state index in [1.54, 1.807) is 0 Å². The number of hydrogen-bond donors (Lipinski definition) is 1. The molecule has 1 N–H and O–H groups in total. The molecule has 1 saturated heterocycles. The predicted molar refractivity (Wildman–Crippen MR) is 106 cm³/mol. The number of pyridine rings is 1. The van der Waals surface area contributed by atoms with E-state index < -0.39 is 0 Å². The van der Waals surface area contributed by atoms with Crippen molar-refractivity contribution in [3.63, 3.8) is 0 Å². The molecule has 7 heteroatoms. The highest BCUT2D eigenvalue weighted by Gasteiger charge is 2.18. The van der Waals surface area contributed by atoms with E-state index in [1.165, 1.54) is 12.2 Å². The Labute approximate surface area is 157 Å². The van der Waals surface area contributed by atoms with Gasteiger partial charge >= 0.3 is 0 Å². The molecule has 6 nitrogen and oxygen atoms in total. The van der Waals surface area contributed by atoms with E-state index in [0.29, 0.717) is 12.8 Å². The molecule has 0 amide bonds. The van der Waals surface area contributed by atoms with E-state index in [9.17, 15) is 0 Å². The molecule has 0 bridgehead atoms. The first-order valence-corrected chi connectivity index (χ1v) is 10.2. The van der Waals surface area contributed by atoms with E-state index >= 15 is 0 Å². The van der Waals surface area contributed by atoms with Gasteiger partial charge in [0.25, 0.3) is 0 Å². The lowest BCUT2D eigenvalue weighted by atomic mass is 10.1. The maximum atomic E-state index is 5.62. The van der Waals surface area contributed by atoms with Gasteiger partial charge in [-0.05, 0) is 36.8 Å². The van der Waals surface area contributed by atoms with Gasteiger partial charge in [0.1, 0.15) is 18.1 Å². The third-order valence-electron chi connectivity index (χ3n) is 4.40. The third kappa shape index (κ3) is 3.68. The van der Waals surface area contributed by atoms with Gasteiger partial charge in [-0.15, -0.1) is 0 Å². The Morgan fingerprint density at radius 2 is 2.31 bits per heavy atom. The molecule has 0 spiro atoms. The summed E-state index contributed by atoms with van der Waals surface area (Å²) >= 11 is 1.98. The average Bonchev–Trinajstić information content (AvgIpc) is 3.32. The van der Waals surface area contributed by atoms with Crippen LogP contribution in [0.15, 0.2) is 36.8 Å². The second-order valence-corrected chi connectivity index (χ2v) is 7.54. The Bertz CT molecular complexity index is 875. The van der Waals surface area contributed by atoms with Crippen LogP contribution < -0.4 is 5.32 Å².